The largest absolute Gasteiger partial charge is 0.291 e. The van der Waals surface area contributed by atoms with Gasteiger partial charge in [-0.25, -0.2) is 0 Å². The highest BCUT2D eigenvalue weighted by Crippen LogP contribution is 2.11. The fourth-order valence-corrected chi connectivity index (χ4v) is 1.35. The van der Waals surface area contributed by atoms with Crippen LogP contribution in [0.1, 0.15) is 51.9 Å². The Hall–Kier alpha value is -0.920. The Balaban J connectivity index is 3.48. The molecule has 0 aromatic rings. The van der Waals surface area contributed by atoms with E-state index in [0.29, 0.717) is 12.8 Å². The lowest BCUT2D eigenvalue weighted by Gasteiger charge is -2.03. The lowest BCUT2D eigenvalue weighted by molar-refractivity contribution is 0.489. The van der Waals surface area contributed by atoms with Crippen molar-refractivity contribution in [1.82, 2.24) is 0 Å². The normalized spacial score (nSPS) is 12.9. The third-order valence-electron chi connectivity index (χ3n) is 2.33. The molecule has 0 aliphatic rings. The SMILES string of the molecule is CCCCC=CCCC([C]=O)CC[C]=O. The van der Waals surface area contributed by atoms with Crippen LogP contribution in [-0.4, -0.2) is 12.6 Å². The Morgan fingerprint density at radius 3 is 2.47 bits per heavy atom. The van der Waals surface area contributed by atoms with E-state index in [1.807, 2.05) is 6.29 Å². The first kappa shape index (κ1) is 14.1. The van der Waals surface area contributed by atoms with Gasteiger partial charge in [-0.15, -0.1) is 0 Å². The second kappa shape index (κ2) is 11.2. The summed E-state index contributed by atoms with van der Waals surface area (Å²) in [6, 6.07) is 0. The molecule has 0 amide bonds. The molecule has 0 fully saturated rings. The van der Waals surface area contributed by atoms with Gasteiger partial charge in [0.2, 0.25) is 6.29 Å². The highest BCUT2D eigenvalue weighted by Gasteiger charge is 2.06. The molecular formula is C13H20O2. The topological polar surface area (TPSA) is 34.1 Å². The van der Waals surface area contributed by atoms with E-state index < -0.39 is 0 Å². The second-order valence-electron chi connectivity index (χ2n) is 3.69. The Kier molecular flexibility index (Phi) is 10.5. The van der Waals surface area contributed by atoms with E-state index in [0.717, 1.165) is 19.3 Å². The van der Waals surface area contributed by atoms with Crippen molar-refractivity contribution in [3.05, 3.63) is 12.2 Å². The van der Waals surface area contributed by atoms with Crippen molar-refractivity contribution in [3.8, 4) is 0 Å². The van der Waals surface area contributed by atoms with Crippen LogP contribution < -0.4 is 0 Å². The van der Waals surface area contributed by atoms with E-state index in [-0.39, 0.29) is 5.92 Å². The van der Waals surface area contributed by atoms with Crippen molar-refractivity contribution in [2.75, 3.05) is 0 Å². The Labute approximate surface area is 92.8 Å². The standard InChI is InChI=1S/C13H20O2/c1-2-3-4-5-6-7-9-13(12-15)10-8-11-14/h5-6,13H,2-4,7-10H2,1H3. The molecule has 0 aromatic carbocycles. The van der Waals surface area contributed by atoms with E-state index >= 15 is 0 Å². The lowest BCUT2D eigenvalue weighted by atomic mass is 9.99. The summed E-state index contributed by atoms with van der Waals surface area (Å²) in [5.41, 5.74) is 0. The van der Waals surface area contributed by atoms with Gasteiger partial charge < -0.3 is 0 Å². The Morgan fingerprint density at radius 2 is 1.87 bits per heavy atom. The summed E-state index contributed by atoms with van der Waals surface area (Å²) in [4.78, 5) is 20.5. The van der Waals surface area contributed by atoms with Gasteiger partial charge in [-0.1, -0.05) is 31.9 Å². The van der Waals surface area contributed by atoms with Crippen molar-refractivity contribution < 1.29 is 9.59 Å². The van der Waals surface area contributed by atoms with Gasteiger partial charge in [0.15, 0.2) is 6.29 Å². The summed E-state index contributed by atoms with van der Waals surface area (Å²) in [7, 11) is 0. The van der Waals surface area contributed by atoms with Gasteiger partial charge in [0.1, 0.15) is 0 Å². The molecule has 1 unspecified atom stereocenters. The van der Waals surface area contributed by atoms with E-state index in [2.05, 4.69) is 19.1 Å². The van der Waals surface area contributed by atoms with Crippen LogP contribution in [0.5, 0.6) is 0 Å². The monoisotopic (exact) mass is 208 g/mol. The molecule has 0 aromatic heterocycles. The highest BCUT2D eigenvalue weighted by atomic mass is 16.1. The molecule has 0 aliphatic heterocycles. The van der Waals surface area contributed by atoms with E-state index in [1.165, 1.54) is 12.8 Å². The van der Waals surface area contributed by atoms with Crippen LogP contribution in [0.3, 0.4) is 0 Å². The minimum Gasteiger partial charge on any atom is -0.291 e. The van der Waals surface area contributed by atoms with Gasteiger partial charge in [0, 0.05) is 12.3 Å². The minimum atomic E-state index is -0.0951. The summed E-state index contributed by atoms with van der Waals surface area (Å²) < 4.78 is 0. The van der Waals surface area contributed by atoms with E-state index in [4.69, 9.17) is 0 Å². The van der Waals surface area contributed by atoms with Gasteiger partial charge in [0.25, 0.3) is 0 Å². The zero-order valence-corrected chi connectivity index (χ0v) is 9.50. The third kappa shape index (κ3) is 9.39. The first-order chi connectivity index (χ1) is 7.35. The Morgan fingerprint density at radius 1 is 1.13 bits per heavy atom. The molecule has 1 atom stereocenters. The van der Waals surface area contributed by atoms with Crippen LogP contribution >= 0.6 is 0 Å². The predicted octanol–water partition coefficient (Wildman–Crippen LogP) is 3.13. The van der Waals surface area contributed by atoms with Crippen molar-refractivity contribution in [2.24, 2.45) is 5.92 Å². The van der Waals surface area contributed by atoms with Crippen molar-refractivity contribution in [3.63, 3.8) is 0 Å². The molecule has 0 spiro atoms. The number of carbonyl (C=O) groups excluding carboxylic acids is 2. The van der Waals surface area contributed by atoms with Crippen LogP contribution in [0.4, 0.5) is 0 Å². The van der Waals surface area contributed by atoms with Gasteiger partial charge >= 0.3 is 0 Å². The minimum absolute atomic E-state index is 0.0951. The molecule has 0 heterocycles. The number of allylic oxidation sites excluding steroid dienone is 2. The molecule has 0 bridgehead atoms. The summed E-state index contributed by atoms with van der Waals surface area (Å²) in [5, 5.41) is 0. The molecule has 0 aliphatic carbocycles. The molecule has 0 saturated heterocycles. The first-order valence-corrected chi connectivity index (χ1v) is 5.72. The predicted molar refractivity (Wildman–Crippen MR) is 62.0 cm³/mol. The fraction of sp³-hybridized carbons (Fsp3) is 0.692. The molecule has 2 nitrogen and oxygen atoms in total. The average molecular weight is 208 g/mol. The van der Waals surface area contributed by atoms with Crippen molar-refractivity contribution in [2.45, 2.75) is 51.9 Å². The molecule has 15 heavy (non-hydrogen) atoms. The van der Waals surface area contributed by atoms with E-state index in [1.54, 1.807) is 6.29 Å². The summed E-state index contributed by atoms with van der Waals surface area (Å²) >= 11 is 0. The summed E-state index contributed by atoms with van der Waals surface area (Å²) in [6.45, 7) is 2.17. The third-order valence-corrected chi connectivity index (χ3v) is 2.33. The van der Waals surface area contributed by atoms with Crippen molar-refractivity contribution in [1.29, 1.82) is 0 Å². The molecule has 2 radical (unpaired) electrons. The van der Waals surface area contributed by atoms with E-state index in [9.17, 15) is 9.59 Å². The zero-order valence-electron chi connectivity index (χ0n) is 9.50. The second-order valence-corrected chi connectivity index (χ2v) is 3.69. The van der Waals surface area contributed by atoms with Crippen LogP contribution in [0, 0.1) is 5.92 Å². The first-order valence-electron chi connectivity index (χ1n) is 5.72. The summed E-state index contributed by atoms with van der Waals surface area (Å²) in [5.74, 6) is -0.0951. The van der Waals surface area contributed by atoms with Gasteiger partial charge in [0.05, 0.1) is 0 Å². The molecule has 2 heteroatoms. The average Bonchev–Trinajstić information content (AvgIpc) is 2.27. The number of hydrogen-bond acceptors (Lipinski definition) is 2. The maximum Gasteiger partial charge on any atom is 0.201 e. The maximum atomic E-state index is 10.5. The fourth-order valence-electron chi connectivity index (χ4n) is 1.35. The number of hydrogen-bond donors (Lipinski definition) is 0. The number of unbranched alkanes of at least 4 members (excludes halogenated alkanes) is 2. The van der Waals surface area contributed by atoms with Crippen molar-refractivity contribution >= 4 is 12.6 Å². The molecule has 0 saturated carbocycles. The van der Waals surface area contributed by atoms with Gasteiger partial charge in [-0.3, -0.25) is 9.59 Å². The van der Waals surface area contributed by atoms with Gasteiger partial charge in [-0.05, 0) is 25.7 Å². The smallest absolute Gasteiger partial charge is 0.201 e. The quantitative estimate of drug-likeness (QED) is 0.408. The van der Waals surface area contributed by atoms with Crippen LogP contribution in [0.25, 0.3) is 0 Å². The number of rotatable bonds is 10. The van der Waals surface area contributed by atoms with Crippen LogP contribution in [0.15, 0.2) is 12.2 Å². The lowest BCUT2D eigenvalue weighted by Crippen LogP contribution is -2.01. The van der Waals surface area contributed by atoms with Crippen LogP contribution in [0.2, 0.25) is 0 Å². The maximum absolute atomic E-state index is 10.5. The molecule has 84 valence electrons. The van der Waals surface area contributed by atoms with Crippen LogP contribution in [-0.2, 0) is 9.59 Å². The molecule has 0 rings (SSSR count). The molecule has 0 N–H and O–H groups in total. The highest BCUT2D eigenvalue weighted by molar-refractivity contribution is 5.56. The Bertz CT molecular complexity index is 185. The molecular weight excluding hydrogens is 188 g/mol. The zero-order chi connectivity index (χ0) is 11.4. The summed E-state index contributed by atoms with van der Waals surface area (Å²) in [6.07, 6.45) is 14.3. The van der Waals surface area contributed by atoms with Gasteiger partial charge in [-0.2, -0.15) is 0 Å².